The summed E-state index contributed by atoms with van der Waals surface area (Å²) < 4.78 is 10.4. The van der Waals surface area contributed by atoms with Crippen LogP contribution >= 0.6 is 0 Å². The summed E-state index contributed by atoms with van der Waals surface area (Å²) in [4.78, 5) is 13.2. The van der Waals surface area contributed by atoms with Gasteiger partial charge in [0.1, 0.15) is 16.9 Å². The van der Waals surface area contributed by atoms with Crippen molar-refractivity contribution >= 4 is 38.8 Å². The number of benzene rings is 5. The predicted octanol–water partition coefficient (Wildman–Crippen LogP) is 4.06. The second-order valence-electron chi connectivity index (χ2n) is 9.78. The molecule has 6 heteroatoms. The van der Waals surface area contributed by atoms with E-state index in [-0.39, 0.29) is 41.1 Å². The molecule has 0 aliphatic carbocycles. The minimum atomic E-state index is -0.126. The lowest BCUT2D eigenvalue weighted by Gasteiger charge is -2.16. The third kappa shape index (κ3) is 4.46. The predicted molar refractivity (Wildman–Crippen MR) is 152 cm³/mol. The molecule has 0 saturated heterocycles. The fraction of sp³-hybridized carbons (Fsp3) is 0.0588. The minimum Gasteiger partial charge on any atom is -1.00 e. The van der Waals surface area contributed by atoms with Gasteiger partial charge in [0.15, 0.2) is 23.6 Å². The molecule has 0 saturated carbocycles. The van der Waals surface area contributed by atoms with E-state index in [0.29, 0.717) is 5.56 Å². The third-order valence-electron chi connectivity index (χ3n) is 7.35. The van der Waals surface area contributed by atoms with Gasteiger partial charge >= 0.3 is 0 Å². The summed E-state index contributed by atoms with van der Waals surface area (Å²) in [5.74, 6) is 0.120. The van der Waals surface area contributed by atoms with Gasteiger partial charge in [0, 0.05) is 27.5 Å². The van der Waals surface area contributed by atoms with Gasteiger partial charge in [0.2, 0.25) is 12.1 Å². The molecular weight excluding hydrogens is 564 g/mol. The number of para-hydroxylation sites is 3. The Balaban J connectivity index is 0.00000289. The highest BCUT2D eigenvalue weighted by Crippen LogP contribution is 2.35. The normalized spacial score (nSPS) is 12.0. The second kappa shape index (κ2) is 10.5. The van der Waals surface area contributed by atoms with Crippen molar-refractivity contribution in [1.29, 1.82) is 0 Å². The summed E-state index contributed by atoms with van der Waals surface area (Å²) in [7, 11) is 0. The first-order chi connectivity index (χ1) is 19.2. The van der Waals surface area contributed by atoms with Crippen molar-refractivity contribution in [2.24, 2.45) is 0 Å². The number of Topliss-reactive ketones (excluding diaryl/α,β-unsaturated/α-hetero) is 1. The monoisotopic (exact) mass is 588 g/mol. The number of imidazole rings is 1. The van der Waals surface area contributed by atoms with E-state index in [1.165, 1.54) is 0 Å². The Morgan fingerprint density at radius 3 is 2.27 bits per heavy atom. The standard InChI is InChI=1S/C34H24N2O3.BrH/c37-26-17-14-23(15-18-26)31(38)21-35-22-36(30-12-6-5-11-29(30)35)34(24-8-2-1-3-9-24)25-16-19-33-28(20-25)27-10-4-7-13-32(27)39-33;/h1-20,22,34H,21H2;1H. The highest BCUT2D eigenvalue weighted by atomic mass is 79.9. The fourth-order valence-electron chi connectivity index (χ4n) is 5.49. The molecule has 0 aliphatic heterocycles. The number of aromatic hydroxyl groups is 1. The first kappa shape index (κ1) is 25.6. The highest BCUT2D eigenvalue weighted by molar-refractivity contribution is 6.05. The average molecular weight is 589 g/mol. The van der Waals surface area contributed by atoms with Gasteiger partial charge in [-0.05, 0) is 54.6 Å². The van der Waals surface area contributed by atoms with Crippen LogP contribution in [-0.2, 0) is 6.54 Å². The van der Waals surface area contributed by atoms with Crippen molar-refractivity contribution in [2.45, 2.75) is 12.6 Å². The molecule has 1 unspecified atom stereocenters. The van der Waals surface area contributed by atoms with E-state index in [4.69, 9.17) is 4.42 Å². The molecule has 7 rings (SSSR count). The Morgan fingerprint density at radius 2 is 1.45 bits per heavy atom. The molecule has 2 heterocycles. The summed E-state index contributed by atoms with van der Waals surface area (Å²) in [6, 6.07) is 39.4. The number of fused-ring (bicyclic) bond motifs is 4. The molecule has 196 valence electrons. The first-order valence-corrected chi connectivity index (χ1v) is 12.9. The van der Waals surface area contributed by atoms with Crippen molar-refractivity contribution in [1.82, 2.24) is 4.57 Å². The number of furan rings is 1. The van der Waals surface area contributed by atoms with E-state index in [2.05, 4.69) is 59.2 Å². The summed E-state index contributed by atoms with van der Waals surface area (Å²) in [6.45, 7) is 0.186. The molecular formula is C34H25BrN2O3. The highest BCUT2D eigenvalue weighted by Gasteiger charge is 2.28. The van der Waals surface area contributed by atoms with E-state index in [1.54, 1.807) is 24.3 Å². The van der Waals surface area contributed by atoms with Gasteiger partial charge in [-0.15, -0.1) is 0 Å². The van der Waals surface area contributed by atoms with Crippen LogP contribution in [0.5, 0.6) is 5.75 Å². The number of hydrogen-bond donors (Lipinski definition) is 1. The summed E-state index contributed by atoms with van der Waals surface area (Å²) in [5.41, 5.74) is 6.56. The van der Waals surface area contributed by atoms with Crippen LogP contribution in [-0.4, -0.2) is 15.5 Å². The molecule has 5 nitrogen and oxygen atoms in total. The number of phenolic OH excluding ortho intramolecular Hbond substituents is 1. The van der Waals surface area contributed by atoms with E-state index in [0.717, 1.165) is 44.1 Å². The maximum atomic E-state index is 13.2. The Hall–Kier alpha value is -4.68. The zero-order valence-corrected chi connectivity index (χ0v) is 23.0. The molecule has 1 atom stereocenters. The van der Waals surface area contributed by atoms with Crippen LogP contribution in [0.15, 0.2) is 132 Å². The number of hydrogen-bond acceptors (Lipinski definition) is 3. The minimum absolute atomic E-state index is 0. The van der Waals surface area contributed by atoms with Crippen LogP contribution < -0.4 is 21.5 Å². The van der Waals surface area contributed by atoms with Crippen LogP contribution in [0.4, 0.5) is 0 Å². The lowest BCUT2D eigenvalue weighted by Crippen LogP contribution is -3.00. The summed E-state index contributed by atoms with van der Waals surface area (Å²) >= 11 is 0. The number of carbonyl (C=O) groups excluding carboxylic acids is 1. The Morgan fingerprint density at radius 1 is 0.750 bits per heavy atom. The van der Waals surface area contributed by atoms with Crippen molar-refractivity contribution in [3.63, 3.8) is 0 Å². The molecule has 0 aliphatic rings. The molecule has 0 radical (unpaired) electrons. The fourth-order valence-corrected chi connectivity index (χ4v) is 5.49. The molecule has 0 fully saturated rings. The molecule has 5 aromatic carbocycles. The lowest BCUT2D eigenvalue weighted by atomic mass is 9.96. The molecule has 2 aromatic heterocycles. The molecule has 0 bridgehead atoms. The van der Waals surface area contributed by atoms with E-state index in [9.17, 15) is 9.90 Å². The number of ketones is 1. The van der Waals surface area contributed by atoms with Crippen LogP contribution in [0.3, 0.4) is 0 Å². The number of carbonyl (C=O) groups is 1. The van der Waals surface area contributed by atoms with Crippen LogP contribution in [0.1, 0.15) is 27.5 Å². The van der Waals surface area contributed by atoms with Crippen LogP contribution in [0, 0.1) is 0 Å². The Bertz CT molecular complexity index is 1970. The maximum absolute atomic E-state index is 13.2. The smallest absolute Gasteiger partial charge is 0.245 e. The molecule has 1 N–H and O–H groups in total. The van der Waals surface area contributed by atoms with E-state index < -0.39 is 0 Å². The van der Waals surface area contributed by atoms with Crippen molar-refractivity contribution in [3.8, 4) is 5.75 Å². The Labute approximate surface area is 241 Å². The van der Waals surface area contributed by atoms with Gasteiger partial charge < -0.3 is 26.5 Å². The quantitative estimate of drug-likeness (QED) is 0.235. The topological polar surface area (TPSA) is 59.2 Å². The zero-order chi connectivity index (χ0) is 26.3. The molecule has 40 heavy (non-hydrogen) atoms. The number of nitrogens with zero attached hydrogens (tertiary/aromatic N) is 2. The molecule has 7 aromatic rings. The lowest BCUT2D eigenvalue weighted by molar-refractivity contribution is -0.658. The largest absolute Gasteiger partial charge is 1.00 e. The van der Waals surface area contributed by atoms with E-state index >= 15 is 0 Å². The molecule has 0 spiro atoms. The number of phenols is 1. The van der Waals surface area contributed by atoms with Gasteiger partial charge in [-0.1, -0.05) is 66.7 Å². The van der Waals surface area contributed by atoms with Crippen LogP contribution in [0.25, 0.3) is 33.0 Å². The first-order valence-electron chi connectivity index (χ1n) is 12.9. The number of aromatic nitrogens is 2. The van der Waals surface area contributed by atoms with Crippen molar-refractivity contribution in [3.05, 3.63) is 144 Å². The van der Waals surface area contributed by atoms with Crippen molar-refractivity contribution in [2.75, 3.05) is 0 Å². The third-order valence-corrected chi connectivity index (χ3v) is 7.35. The van der Waals surface area contributed by atoms with Crippen LogP contribution in [0.2, 0.25) is 0 Å². The maximum Gasteiger partial charge on any atom is 0.245 e. The average Bonchev–Trinajstić information content (AvgIpc) is 3.52. The summed E-state index contributed by atoms with van der Waals surface area (Å²) in [5, 5.41) is 11.8. The zero-order valence-electron chi connectivity index (χ0n) is 21.4. The van der Waals surface area contributed by atoms with Gasteiger partial charge in [0.25, 0.3) is 0 Å². The van der Waals surface area contributed by atoms with Gasteiger partial charge in [0.05, 0.1) is 0 Å². The number of rotatable bonds is 6. The van der Waals surface area contributed by atoms with Gasteiger partial charge in [-0.25, -0.2) is 9.13 Å². The number of halogens is 1. The summed E-state index contributed by atoms with van der Waals surface area (Å²) in [6.07, 6.45) is 2.04. The van der Waals surface area contributed by atoms with Gasteiger partial charge in [-0.3, -0.25) is 4.79 Å². The van der Waals surface area contributed by atoms with E-state index in [1.807, 2.05) is 53.4 Å². The molecule has 0 amide bonds. The second-order valence-corrected chi connectivity index (χ2v) is 9.78. The van der Waals surface area contributed by atoms with Gasteiger partial charge in [-0.2, -0.15) is 0 Å². The Kier molecular flexibility index (Phi) is 6.70. The van der Waals surface area contributed by atoms with Crippen molar-refractivity contribution < 1.29 is 35.9 Å². The SMILES string of the molecule is O=C(C[n+]1cn(C(c2ccccc2)c2ccc3oc4ccccc4c3c2)c2ccccc21)c1ccc(O)cc1.[Br-].